The minimum absolute atomic E-state index is 0.187. The van der Waals surface area contributed by atoms with E-state index in [0.717, 1.165) is 11.3 Å². The molecule has 1 unspecified atom stereocenters. The maximum absolute atomic E-state index is 12.2. The Labute approximate surface area is 140 Å². The van der Waals surface area contributed by atoms with Gasteiger partial charge in [-0.3, -0.25) is 9.78 Å². The lowest BCUT2D eigenvalue weighted by Crippen LogP contribution is -2.36. The van der Waals surface area contributed by atoms with Crippen molar-refractivity contribution in [3.05, 3.63) is 72.6 Å². The molecule has 0 radical (unpaired) electrons. The summed E-state index contributed by atoms with van der Waals surface area (Å²) in [5, 5.41) is 2.88. The molecule has 1 aromatic carbocycles. The molecule has 0 aliphatic rings. The molecule has 0 aliphatic heterocycles. The molecule has 0 aliphatic carbocycles. The quantitative estimate of drug-likeness (QED) is 0.755. The van der Waals surface area contributed by atoms with E-state index in [1.54, 1.807) is 19.4 Å². The van der Waals surface area contributed by atoms with Crippen molar-refractivity contribution in [1.29, 1.82) is 0 Å². The molecule has 0 bridgehead atoms. The summed E-state index contributed by atoms with van der Waals surface area (Å²) in [4.78, 5) is 16.6. The van der Waals surface area contributed by atoms with Crippen LogP contribution in [0.1, 0.15) is 12.5 Å². The number of rotatable bonds is 6. The highest BCUT2D eigenvalue weighted by Gasteiger charge is 2.16. The van der Waals surface area contributed by atoms with E-state index >= 15 is 0 Å². The summed E-state index contributed by atoms with van der Waals surface area (Å²) < 4.78 is 11.0. The van der Waals surface area contributed by atoms with Gasteiger partial charge in [0, 0.05) is 18.3 Å². The predicted octanol–water partition coefficient (Wildman–Crippen LogP) is 3.43. The first-order valence-electron chi connectivity index (χ1n) is 7.71. The second-order valence-electron chi connectivity index (χ2n) is 5.28. The second-order valence-corrected chi connectivity index (χ2v) is 5.28. The van der Waals surface area contributed by atoms with E-state index in [2.05, 4.69) is 10.3 Å². The van der Waals surface area contributed by atoms with Crippen LogP contribution in [-0.4, -0.2) is 17.0 Å². The Kier molecular flexibility index (Phi) is 4.91. The summed E-state index contributed by atoms with van der Waals surface area (Å²) in [6, 6.07) is 16.7. The van der Waals surface area contributed by atoms with Gasteiger partial charge in [0.15, 0.2) is 11.9 Å². The normalized spacial score (nSPS) is 11.7. The monoisotopic (exact) mass is 322 g/mol. The number of para-hydroxylation sites is 1. The summed E-state index contributed by atoms with van der Waals surface area (Å²) >= 11 is 0. The molecule has 24 heavy (non-hydrogen) atoms. The maximum Gasteiger partial charge on any atom is 0.261 e. The van der Waals surface area contributed by atoms with Crippen LogP contribution in [0.2, 0.25) is 0 Å². The Morgan fingerprint density at radius 2 is 2.00 bits per heavy atom. The summed E-state index contributed by atoms with van der Waals surface area (Å²) in [5.74, 6) is 1.15. The molecule has 1 amide bonds. The number of benzene rings is 1. The number of furan rings is 1. The topological polar surface area (TPSA) is 64.4 Å². The zero-order valence-corrected chi connectivity index (χ0v) is 13.3. The highest BCUT2D eigenvalue weighted by molar-refractivity contribution is 5.80. The molecule has 0 saturated heterocycles. The van der Waals surface area contributed by atoms with Gasteiger partial charge in [-0.1, -0.05) is 24.3 Å². The smallest absolute Gasteiger partial charge is 0.261 e. The molecule has 0 fully saturated rings. The Morgan fingerprint density at radius 1 is 1.17 bits per heavy atom. The standard InChI is InChI=1S/C19H18N2O3/c1-14(24-16-8-3-2-4-9-16)19(22)21-13-15-7-5-11-20-18(15)17-10-6-12-23-17/h2-12,14H,13H2,1H3,(H,21,22). The molecule has 2 aromatic heterocycles. The average molecular weight is 322 g/mol. The highest BCUT2D eigenvalue weighted by Crippen LogP contribution is 2.21. The fraction of sp³-hybridized carbons (Fsp3) is 0.158. The number of hydrogen-bond acceptors (Lipinski definition) is 4. The third-order valence-corrected chi connectivity index (χ3v) is 3.52. The van der Waals surface area contributed by atoms with Crippen LogP contribution in [0.4, 0.5) is 0 Å². The number of nitrogens with zero attached hydrogens (tertiary/aromatic N) is 1. The third-order valence-electron chi connectivity index (χ3n) is 3.52. The van der Waals surface area contributed by atoms with Crippen molar-refractivity contribution in [1.82, 2.24) is 10.3 Å². The number of carbonyl (C=O) groups excluding carboxylic acids is 1. The van der Waals surface area contributed by atoms with E-state index < -0.39 is 6.10 Å². The molecule has 3 rings (SSSR count). The summed E-state index contributed by atoms with van der Waals surface area (Å²) in [6.07, 6.45) is 2.71. The molecular weight excluding hydrogens is 304 g/mol. The molecule has 5 heteroatoms. The van der Waals surface area contributed by atoms with Crippen molar-refractivity contribution >= 4 is 5.91 Å². The number of amides is 1. The largest absolute Gasteiger partial charge is 0.481 e. The number of ether oxygens (including phenoxy) is 1. The maximum atomic E-state index is 12.2. The first kappa shape index (κ1) is 15.8. The Hall–Kier alpha value is -3.08. The van der Waals surface area contributed by atoms with Crippen LogP contribution in [0.3, 0.4) is 0 Å². The molecule has 0 spiro atoms. The van der Waals surface area contributed by atoms with Crippen LogP contribution >= 0.6 is 0 Å². The number of carbonyl (C=O) groups is 1. The van der Waals surface area contributed by atoms with Crippen molar-refractivity contribution in [2.75, 3.05) is 0 Å². The van der Waals surface area contributed by atoms with Gasteiger partial charge in [0.25, 0.3) is 5.91 Å². The Morgan fingerprint density at radius 3 is 2.75 bits per heavy atom. The van der Waals surface area contributed by atoms with Crippen LogP contribution in [-0.2, 0) is 11.3 Å². The van der Waals surface area contributed by atoms with Crippen LogP contribution in [0, 0.1) is 0 Å². The fourth-order valence-electron chi connectivity index (χ4n) is 2.30. The van der Waals surface area contributed by atoms with Gasteiger partial charge in [-0.15, -0.1) is 0 Å². The molecule has 5 nitrogen and oxygen atoms in total. The molecule has 3 aromatic rings. The summed E-state index contributed by atoms with van der Waals surface area (Å²) in [7, 11) is 0. The van der Waals surface area contributed by atoms with Gasteiger partial charge in [-0.2, -0.15) is 0 Å². The first-order chi connectivity index (χ1) is 11.7. The van der Waals surface area contributed by atoms with Crippen molar-refractivity contribution in [2.45, 2.75) is 19.6 Å². The van der Waals surface area contributed by atoms with Crippen molar-refractivity contribution in [3.63, 3.8) is 0 Å². The second kappa shape index (κ2) is 7.46. The zero-order chi connectivity index (χ0) is 16.8. The molecule has 122 valence electrons. The SMILES string of the molecule is CC(Oc1ccccc1)C(=O)NCc1cccnc1-c1ccco1. The summed E-state index contributed by atoms with van der Waals surface area (Å²) in [6.45, 7) is 2.07. The molecular formula is C19H18N2O3. The number of nitrogens with one attached hydrogen (secondary N) is 1. The minimum Gasteiger partial charge on any atom is -0.481 e. The van der Waals surface area contributed by atoms with E-state index in [0.29, 0.717) is 18.1 Å². The number of hydrogen-bond donors (Lipinski definition) is 1. The van der Waals surface area contributed by atoms with Gasteiger partial charge in [-0.05, 0) is 37.3 Å². The van der Waals surface area contributed by atoms with Gasteiger partial charge in [0.1, 0.15) is 11.4 Å². The van der Waals surface area contributed by atoms with Gasteiger partial charge in [0.2, 0.25) is 0 Å². The fourth-order valence-corrected chi connectivity index (χ4v) is 2.30. The van der Waals surface area contributed by atoms with E-state index in [1.807, 2.05) is 54.6 Å². The van der Waals surface area contributed by atoms with Crippen LogP contribution in [0.15, 0.2) is 71.5 Å². The van der Waals surface area contributed by atoms with Gasteiger partial charge >= 0.3 is 0 Å². The average Bonchev–Trinajstić information content (AvgIpc) is 3.15. The highest BCUT2D eigenvalue weighted by atomic mass is 16.5. The minimum atomic E-state index is -0.587. The lowest BCUT2D eigenvalue weighted by Gasteiger charge is -2.15. The van der Waals surface area contributed by atoms with Crippen LogP contribution < -0.4 is 10.1 Å². The lowest BCUT2D eigenvalue weighted by molar-refractivity contribution is -0.127. The summed E-state index contributed by atoms with van der Waals surface area (Å²) in [5.41, 5.74) is 1.60. The van der Waals surface area contributed by atoms with E-state index in [-0.39, 0.29) is 5.91 Å². The van der Waals surface area contributed by atoms with E-state index in [4.69, 9.17) is 9.15 Å². The van der Waals surface area contributed by atoms with Gasteiger partial charge in [0.05, 0.1) is 6.26 Å². The first-order valence-corrected chi connectivity index (χ1v) is 7.71. The molecule has 2 heterocycles. The van der Waals surface area contributed by atoms with Crippen molar-refractivity contribution in [3.8, 4) is 17.2 Å². The Bertz CT molecular complexity index is 785. The lowest BCUT2D eigenvalue weighted by atomic mass is 10.1. The van der Waals surface area contributed by atoms with Crippen molar-refractivity contribution < 1.29 is 13.9 Å². The van der Waals surface area contributed by atoms with E-state index in [1.165, 1.54) is 0 Å². The third kappa shape index (κ3) is 3.81. The number of pyridine rings is 1. The molecule has 1 atom stereocenters. The molecule has 0 saturated carbocycles. The van der Waals surface area contributed by atoms with Crippen LogP contribution in [0.5, 0.6) is 5.75 Å². The van der Waals surface area contributed by atoms with Crippen molar-refractivity contribution in [2.24, 2.45) is 0 Å². The van der Waals surface area contributed by atoms with Gasteiger partial charge in [-0.25, -0.2) is 0 Å². The molecule has 1 N–H and O–H groups in total. The zero-order valence-electron chi connectivity index (χ0n) is 13.3. The Balaban J connectivity index is 1.63. The van der Waals surface area contributed by atoms with E-state index in [9.17, 15) is 4.79 Å². The van der Waals surface area contributed by atoms with Crippen LogP contribution in [0.25, 0.3) is 11.5 Å². The van der Waals surface area contributed by atoms with Gasteiger partial charge < -0.3 is 14.5 Å². The predicted molar refractivity (Wildman–Crippen MR) is 90.3 cm³/mol. The number of aromatic nitrogens is 1.